The molecular weight excluding hydrogens is 436 g/mol. The van der Waals surface area contributed by atoms with Gasteiger partial charge in [0, 0.05) is 42.0 Å². The number of hydrogen-bond acceptors (Lipinski definition) is 5. The number of benzene rings is 1. The van der Waals surface area contributed by atoms with Crippen LogP contribution < -0.4 is 11.3 Å². The number of carbonyl (C=O) groups is 2. The number of rotatable bonds is 5. The molecule has 2 aromatic heterocycles. The van der Waals surface area contributed by atoms with E-state index in [1.54, 1.807) is 24.4 Å². The summed E-state index contributed by atoms with van der Waals surface area (Å²) in [6.07, 6.45) is 3.86. The lowest BCUT2D eigenvalue weighted by Gasteiger charge is -2.30. The Morgan fingerprint density at radius 2 is 2.00 bits per heavy atom. The second-order valence-electron chi connectivity index (χ2n) is 7.68. The molecule has 1 fully saturated rings. The SMILES string of the molecule is CCCC(=O)O.NC(=O)C1CCCN(S(=O)(=O)c2ccc3[nH]c(=O)c4[nH]ccc4c3c2)C1. The van der Waals surface area contributed by atoms with Crippen LogP contribution >= 0.6 is 0 Å². The molecular formula is C21H26N4O6S. The second kappa shape index (κ2) is 9.53. The fourth-order valence-electron chi connectivity index (χ4n) is 3.74. The van der Waals surface area contributed by atoms with Crippen molar-refractivity contribution in [1.29, 1.82) is 0 Å². The molecule has 1 aromatic carbocycles. The minimum absolute atomic E-state index is 0.0981. The monoisotopic (exact) mass is 462 g/mol. The van der Waals surface area contributed by atoms with E-state index in [0.717, 1.165) is 6.42 Å². The first-order valence-corrected chi connectivity index (χ1v) is 11.7. The fourth-order valence-corrected chi connectivity index (χ4v) is 5.29. The van der Waals surface area contributed by atoms with Gasteiger partial charge in [-0.05, 0) is 43.5 Å². The number of fused-ring (bicyclic) bond motifs is 3. The molecule has 0 spiro atoms. The van der Waals surface area contributed by atoms with Crippen molar-refractivity contribution in [2.45, 2.75) is 37.5 Å². The number of nitrogens with one attached hydrogen (secondary N) is 2. The summed E-state index contributed by atoms with van der Waals surface area (Å²) in [7, 11) is -3.76. The number of aromatic nitrogens is 2. The largest absolute Gasteiger partial charge is 0.481 e. The highest BCUT2D eigenvalue weighted by molar-refractivity contribution is 7.89. The number of carboxylic acids is 1. The standard InChI is InChI=1S/C17H18N4O4S.C4H8O2/c18-16(22)10-2-1-7-21(9-10)26(24,25)11-3-4-14-13(8-11)12-5-6-19-15(12)17(23)20-14;1-2-3-4(5)6/h3-6,8,10,19H,1-2,7,9H2,(H2,18,22)(H,20,23);2-3H2,1H3,(H,5,6). The van der Waals surface area contributed by atoms with Crippen LogP contribution in [0.5, 0.6) is 0 Å². The molecule has 1 atom stereocenters. The predicted molar refractivity (Wildman–Crippen MR) is 120 cm³/mol. The number of piperidine rings is 1. The molecule has 3 aromatic rings. The molecule has 172 valence electrons. The van der Waals surface area contributed by atoms with Crippen LogP contribution in [-0.2, 0) is 19.6 Å². The molecule has 5 N–H and O–H groups in total. The van der Waals surface area contributed by atoms with Gasteiger partial charge >= 0.3 is 5.97 Å². The average Bonchev–Trinajstić information content (AvgIpc) is 3.25. The van der Waals surface area contributed by atoms with Gasteiger partial charge in [0.05, 0.1) is 10.8 Å². The van der Waals surface area contributed by atoms with Crippen LogP contribution in [0.2, 0.25) is 0 Å². The van der Waals surface area contributed by atoms with E-state index in [0.29, 0.717) is 47.6 Å². The van der Waals surface area contributed by atoms with Crippen molar-refractivity contribution in [1.82, 2.24) is 14.3 Å². The molecule has 1 unspecified atom stereocenters. The summed E-state index contributed by atoms with van der Waals surface area (Å²) >= 11 is 0. The van der Waals surface area contributed by atoms with Gasteiger partial charge in [0.1, 0.15) is 5.52 Å². The summed E-state index contributed by atoms with van der Waals surface area (Å²) in [5.41, 5.74) is 6.06. The van der Waals surface area contributed by atoms with Crippen molar-refractivity contribution in [2.75, 3.05) is 13.1 Å². The van der Waals surface area contributed by atoms with Crippen LogP contribution in [0.15, 0.2) is 40.2 Å². The van der Waals surface area contributed by atoms with Crippen molar-refractivity contribution in [3.05, 3.63) is 40.8 Å². The van der Waals surface area contributed by atoms with Gasteiger partial charge in [-0.1, -0.05) is 6.92 Å². The van der Waals surface area contributed by atoms with Crippen LogP contribution in [0, 0.1) is 5.92 Å². The first kappa shape index (κ1) is 23.5. The van der Waals surface area contributed by atoms with E-state index in [2.05, 4.69) is 9.97 Å². The number of aromatic amines is 2. The lowest BCUT2D eigenvalue weighted by Crippen LogP contribution is -2.44. The maximum absolute atomic E-state index is 13.0. The highest BCUT2D eigenvalue weighted by atomic mass is 32.2. The van der Waals surface area contributed by atoms with E-state index in [9.17, 15) is 22.8 Å². The van der Waals surface area contributed by atoms with E-state index < -0.39 is 27.8 Å². The van der Waals surface area contributed by atoms with Gasteiger partial charge in [0.15, 0.2) is 0 Å². The van der Waals surface area contributed by atoms with Crippen molar-refractivity contribution >= 4 is 43.7 Å². The van der Waals surface area contributed by atoms with Gasteiger partial charge in [-0.3, -0.25) is 14.4 Å². The van der Waals surface area contributed by atoms with Crippen LogP contribution in [-0.4, -0.2) is 52.8 Å². The molecule has 0 bridgehead atoms. The van der Waals surface area contributed by atoms with Crippen LogP contribution in [0.3, 0.4) is 0 Å². The molecule has 0 saturated carbocycles. The number of primary amides is 1. The maximum Gasteiger partial charge on any atom is 0.303 e. The maximum atomic E-state index is 13.0. The number of amides is 1. The summed E-state index contributed by atoms with van der Waals surface area (Å²) in [6.45, 7) is 2.30. The zero-order chi connectivity index (χ0) is 23.5. The van der Waals surface area contributed by atoms with Crippen molar-refractivity contribution in [3.63, 3.8) is 0 Å². The molecule has 32 heavy (non-hydrogen) atoms. The number of nitrogens with zero attached hydrogens (tertiary/aromatic N) is 1. The Balaban J connectivity index is 0.000000427. The zero-order valence-corrected chi connectivity index (χ0v) is 18.4. The lowest BCUT2D eigenvalue weighted by atomic mass is 9.99. The van der Waals surface area contributed by atoms with Gasteiger partial charge in [0.2, 0.25) is 15.9 Å². The quantitative estimate of drug-likeness (QED) is 0.451. The predicted octanol–water partition coefficient (Wildman–Crippen LogP) is 1.77. The second-order valence-corrected chi connectivity index (χ2v) is 9.61. The number of aliphatic carboxylic acids is 1. The van der Waals surface area contributed by atoms with Crippen LogP contribution in [0.25, 0.3) is 21.8 Å². The summed E-state index contributed by atoms with van der Waals surface area (Å²) in [5, 5.41) is 9.22. The van der Waals surface area contributed by atoms with Gasteiger partial charge in [0.25, 0.3) is 5.56 Å². The van der Waals surface area contributed by atoms with Crippen molar-refractivity contribution in [3.8, 4) is 0 Å². The molecule has 11 heteroatoms. The number of carbonyl (C=O) groups excluding carboxylic acids is 1. The van der Waals surface area contributed by atoms with Gasteiger partial charge in [-0.25, -0.2) is 8.42 Å². The molecule has 10 nitrogen and oxygen atoms in total. The molecule has 0 aliphatic carbocycles. The first-order chi connectivity index (χ1) is 15.1. The highest BCUT2D eigenvalue weighted by Gasteiger charge is 2.32. The number of carboxylic acid groups (broad SMARTS) is 1. The van der Waals surface area contributed by atoms with Crippen LogP contribution in [0.1, 0.15) is 32.6 Å². The molecule has 1 aliphatic heterocycles. The summed E-state index contributed by atoms with van der Waals surface area (Å²) < 4.78 is 27.4. The Morgan fingerprint density at radius 1 is 1.25 bits per heavy atom. The smallest absolute Gasteiger partial charge is 0.303 e. The minimum atomic E-state index is -3.76. The number of hydrogen-bond donors (Lipinski definition) is 4. The zero-order valence-electron chi connectivity index (χ0n) is 17.6. The van der Waals surface area contributed by atoms with Crippen LogP contribution in [0.4, 0.5) is 0 Å². The number of H-pyrrole nitrogens is 2. The lowest BCUT2D eigenvalue weighted by molar-refractivity contribution is -0.137. The molecule has 1 saturated heterocycles. The highest BCUT2D eigenvalue weighted by Crippen LogP contribution is 2.28. The Morgan fingerprint density at radius 3 is 2.62 bits per heavy atom. The summed E-state index contributed by atoms with van der Waals surface area (Å²) in [5.74, 6) is -1.65. The van der Waals surface area contributed by atoms with E-state index in [-0.39, 0.29) is 17.0 Å². The van der Waals surface area contributed by atoms with E-state index in [1.165, 1.54) is 10.4 Å². The van der Waals surface area contributed by atoms with E-state index in [1.807, 2.05) is 6.92 Å². The minimum Gasteiger partial charge on any atom is -0.481 e. The number of pyridine rings is 1. The van der Waals surface area contributed by atoms with Crippen molar-refractivity contribution in [2.24, 2.45) is 11.7 Å². The van der Waals surface area contributed by atoms with Crippen molar-refractivity contribution < 1.29 is 23.1 Å². The third-order valence-corrected chi connectivity index (χ3v) is 7.25. The average molecular weight is 463 g/mol. The molecule has 1 aliphatic rings. The Labute approximate surface area is 184 Å². The Hall–Kier alpha value is -3.18. The summed E-state index contributed by atoms with van der Waals surface area (Å²) in [4.78, 5) is 38.8. The van der Waals surface area contributed by atoms with Gasteiger partial charge < -0.3 is 20.8 Å². The van der Waals surface area contributed by atoms with Gasteiger partial charge in [-0.2, -0.15) is 4.31 Å². The third-order valence-electron chi connectivity index (χ3n) is 5.39. The summed E-state index contributed by atoms with van der Waals surface area (Å²) in [6, 6.07) is 6.36. The fraction of sp³-hybridized carbons (Fsp3) is 0.381. The normalized spacial score (nSPS) is 17.1. The van der Waals surface area contributed by atoms with E-state index in [4.69, 9.17) is 10.8 Å². The third kappa shape index (κ3) is 4.83. The first-order valence-electron chi connectivity index (χ1n) is 10.3. The molecule has 3 heterocycles. The van der Waals surface area contributed by atoms with E-state index >= 15 is 0 Å². The van der Waals surface area contributed by atoms with Gasteiger partial charge in [-0.15, -0.1) is 0 Å². The molecule has 0 radical (unpaired) electrons. The molecule has 4 rings (SSSR count). The topological polar surface area (TPSA) is 166 Å². The number of sulfonamides is 1. The Bertz CT molecular complexity index is 1310. The molecule has 1 amide bonds. The Kier molecular flexibility index (Phi) is 6.99. The number of nitrogens with two attached hydrogens (primary N) is 1.